The lowest BCUT2D eigenvalue weighted by Gasteiger charge is -2.10. The van der Waals surface area contributed by atoms with E-state index in [-0.39, 0.29) is 24.7 Å². The molecule has 1 aromatic heterocycles. The number of benzene rings is 2. The Labute approximate surface area is 155 Å². The molecule has 0 aliphatic carbocycles. The molecule has 0 atom stereocenters. The summed E-state index contributed by atoms with van der Waals surface area (Å²) in [5.41, 5.74) is 0.993. The minimum absolute atomic E-state index is 0.0174. The van der Waals surface area contributed by atoms with E-state index in [1.54, 1.807) is 13.0 Å². The van der Waals surface area contributed by atoms with Gasteiger partial charge in [-0.05, 0) is 53.3 Å². The van der Waals surface area contributed by atoms with Gasteiger partial charge in [-0.15, -0.1) is 5.10 Å². The summed E-state index contributed by atoms with van der Waals surface area (Å²) >= 11 is 0. The van der Waals surface area contributed by atoms with E-state index in [1.807, 2.05) is 30.3 Å². The Hall–Kier alpha value is -3.55. The van der Waals surface area contributed by atoms with Crippen molar-refractivity contribution >= 4 is 17.7 Å². The molecule has 0 N–H and O–H groups in total. The predicted molar refractivity (Wildman–Crippen MR) is 96.0 cm³/mol. The van der Waals surface area contributed by atoms with Crippen LogP contribution in [0.1, 0.15) is 11.4 Å². The Morgan fingerprint density at radius 3 is 2.52 bits per heavy atom. The molecule has 3 aromatic rings. The molecular formula is C19H17FN4O3. The SMILES string of the molecule is Cc1nnnn1/C(=C\c1ccccc1)C(=O)OCCOc1ccc(F)cc1. The quantitative estimate of drug-likeness (QED) is 0.362. The van der Waals surface area contributed by atoms with E-state index >= 15 is 0 Å². The van der Waals surface area contributed by atoms with Crippen molar-refractivity contribution in [2.75, 3.05) is 13.2 Å². The Morgan fingerprint density at radius 2 is 1.85 bits per heavy atom. The molecule has 27 heavy (non-hydrogen) atoms. The predicted octanol–water partition coefficient (Wildman–Crippen LogP) is 2.74. The Bertz CT molecular complexity index is 924. The van der Waals surface area contributed by atoms with Crippen LogP contribution in [-0.2, 0) is 9.53 Å². The van der Waals surface area contributed by atoms with Crippen LogP contribution in [0.15, 0.2) is 54.6 Å². The number of rotatable bonds is 7. The van der Waals surface area contributed by atoms with Gasteiger partial charge in [0.25, 0.3) is 0 Å². The minimum atomic E-state index is -0.586. The third-order valence-corrected chi connectivity index (χ3v) is 3.56. The Kier molecular flexibility index (Phi) is 5.88. The van der Waals surface area contributed by atoms with Crippen LogP contribution in [0.2, 0.25) is 0 Å². The van der Waals surface area contributed by atoms with Gasteiger partial charge < -0.3 is 9.47 Å². The molecule has 8 heteroatoms. The second-order valence-electron chi connectivity index (χ2n) is 5.52. The number of esters is 1. The number of aromatic nitrogens is 4. The van der Waals surface area contributed by atoms with E-state index < -0.39 is 5.97 Å². The molecule has 0 saturated carbocycles. The summed E-state index contributed by atoms with van der Waals surface area (Å²) in [4.78, 5) is 12.5. The summed E-state index contributed by atoms with van der Waals surface area (Å²) in [7, 11) is 0. The van der Waals surface area contributed by atoms with Crippen molar-refractivity contribution in [2.45, 2.75) is 6.92 Å². The maximum atomic E-state index is 12.9. The fraction of sp³-hybridized carbons (Fsp3) is 0.158. The molecule has 138 valence electrons. The van der Waals surface area contributed by atoms with Crippen molar-refractivity contribution in [3.05, 3.63) is 71.8 Å². The summed E-state index contributed by atoms with van der Waals surface area (Å²) in [6.45, 7) is 1.83. The smallest absolute Gasteiger partial charge is 0.357 e. The molecule has 3 rings (SSSR count). The van der Waals surface area contributed by atoms with Crippen molar-refractivity contribution in [3.63, 3.8) is 0 Å². The minimum Gasteiger partial charge on any atom is -0.490 e. The zero-order valence-corrected chi connectivity index (χ0v) is 14.6. The van der Waals surface area contributed by atoms with E-state index in [9.17, 15) is 9.18 Å². The van der Waals surface area contributed by atoms with Crippen molar-refractivity contribution in [3.8, 4) is 5.75 Å². The number of carbonyl (C=O) groups excluding carboxylic acids is 1. The third kappa shape index (κ3) is 4.97. The van der Waals surface area contributed by atoms with Gasteiger partial charge in [-0.1, -0.05) is 30.3 Å². The van der Waals surface area contributed by atoms with Crippen molar-refractivity contribution in [1.29, 1.82) is 0 Å². The standard InChI is InChI=1S/C19H17FN4O3/c1-14-21-22-23-24(14)18(13-15-5-3-2-4-6-15)19(25)27-12-11-26-17-9-7-16(20)8-10-17/h2-10,13H,11-12H2,1H3/b18-13-. The molecule has 7 nitrogen and oxygen atoms in total. The molecule has 0 radical (unpaired) electrons. The Morgan fingerprint density at radius 1 is 1.11 bits per heavy atom. The van der Waals surface area contributed by atoms with Crippen LogP contribution in [0.5, 0.6) is 5.75 Å². The van der Waals surface area contributed by atoms with Crippen LogP contribution < -0.4 is 4.74 Å². The lowest BCUT2D eigenvalue weighted by molar-refractivity contribution is -0.137. The zero-order chi connectivity index (χ0) is 19.1. The largest absolute Gasteiger partial charge is 0.490 e. The number of aryl methyl sites for hydroxylation is 1. The highest BCUT2D eigenvalue weighted by Gasteiger charge is 2.17. The summed E-state index contributed by atoms with van der Waals surface area (Å²) in [5, 5.41) is 11.2. The first-order valence-electron chi connectivity index (χ1n) is 8.21. The first-order valence-corrected chi connectivity index (χ1v) is 8.21. The molecule has 1 heterocycles. The molecular weight excluding hydrogens is 351 g/mol. The fourth-order valence-electron chi connectivity index (χ4n) is 2.27. The second-order valence-corrected chi connectivity index (χ2v) is 5.52. The normalized spacial score (nSPS) is 11.3. The monoisotopic (exact) mass is 368 g/mol. The van der Waals surface area contributed by atoms with Gasteiger partial charge in [-0.3, -0.25) is 0 Å². The number of tetrazole rings is 1. The van der Waals surface area contributed by atoms with Crippen molar-refractivity contribution < 1.29 is 18.7 Å². The highest BCUT2D eigenvalue weighted by molar-refractivity contribution is 6.15. The van der Waals surface area contributed by atoms with E-state index in [1.165, 1.54) is 28.9 Å². The Balaban J connectivity index is 1.65. The highest BCUT2D eigenvalue weighted by Crippen LogP contribution is 2.14. The maximum absolute atomic E-state index is 12.9. The summed E-state index contributed by atoms with van der Waals surface area (Å²) in [6.07, 6.45) is 1.65. The molecule has 0 bridgehead atoms. The maximum Gasteiger partial charge on any atom is 0.357 e. The van der Waals surface area contributed by atoms with Gasteiger partial charge in [0.1, 0.15) is 24.8 Å². The van der Waals surface area contributed by atoms with Crippen LogP contribution in [0.25, 0.3) is 11.8 Å². The summed E-state index contributed by atoms with van der Waals surface area (Å²) < 4.78 is 24.9. The van der Waals surface area contributed by atoms with Gasteiger partial charge in [-0.25, -0.2) is 9.18 Å². The number of hydrogen-bond donors (Lipinski definition) is 0. The van der Waals surface area contributed by atoms with Gasteiger partial charge in [0, 0.05) is 0 Å². The number of carbonyl (C=O) groups is 1. The molecule has 0 fully saturated rings. The van der Waals surface area contributed by atoms with E-state index in [2.05, 4.69) is 15.5 Å². The van der Waals surface area contributed by atoms with Gasteiger partial charge in [0.05, 0.1) is 0 Å². The average molecular weight is 368 g/mol. The highest BCUT2D eigenvalue weighted by atomic mass is 19.1. The topological polar surface area (TPSA) is 79.1 Å². The van der Waals surface area contributed by atoms with Crippen LogP contribution in [0.3, 0.4) is 0 Å². The van der Waals surface area contributed by atoms with Gasteiger partial charge in [0.2, 0.25) is 0 Å². The van der Waals surface area contributed by atoms with E-state index in [0.29, 0.717) is 11.6 Å². The average Bonchev–Trinajstić information content (AvgIpc) is 3.11. The number of halogens is 1. The first-order chi connectivity index (χ1) is 13.1. The third-order valence-electron chi connectivity index (χ3n) is 3.56. The molecule has 0 unspecified atom stereocenters. The molecule has 0 aliphatic rings. The summed E-state index contributed by atoms with van der Waals surface area (Å²) in [5.74, 6) is 0.0127. The molecule has 2 aromatic carbocycles. The van der Waals surface area contributed by atoms with Gasteiger partial charge >= 0.3 is 5.97 Å². The van der Waals surface area contributed by atoms with Crippen LogP contribution in [-0.4, -0.2) is 39.4 Å². The van der Waals surface area contributed by atoms with Gasteiger partial charge in [-0.2, -0.15) is 4.68 Å². The second kappa shape index (κ2) is 8.70. The fourth-order valence-corrected chi connectivity index (χ4v) is 2.27. The van der Waals surface area contributed by atoms with Crippen LogP contribution in [0.4, 0.5) is 4.39 Å². The molecule has 0 aliphatic heterocycles. The van der Waals surface area contributed by atoms with Crippen molar-refractivity contribution in [1.82, 2.24) is 20.2 Å². The number of ether oxygens (including phenoxy) is 2. The van der Waals surface area contributed by atoms with Crippen LogP contribution >= 0.6 is 0 Å². The zero-order valence-electron chi connectivity index (χ0n) is 14.6. The lowest BCUT2D eigenvalue weighted by Crippen LogP contribution is -2.18. The lowest BCUT2D eigenvalue weighted by atomic mass is 10.2. The van der Waals surface area contributed by atoms with E-state index in [4.69, 9.17) is 9.47 Å². The molecule has 0 amide bonds. The van der Waals surface area contributed by atoms with Crippen LogP contribution in [0, 0.1) is 12.7 Å². The summed E-state index contributed by atoms with van der Waals surface area (Å²) in [6, 6.07) is 14.9. The first kappa shape index (κ1) is 18.2. The number of hydrogen-bond acceptors (Lipinski definition) is 6. The number of nitrogens with zero attached hydrogens (tertiary/aromatic N) is 4. The van der Waals surface area contributed by atoms with E-state index in [0.717, 1.165) is 5.56 Å². The van der Waals surface area contributed by atoms with Gasteiger partial charge in [0.15, 0.2) is 11.5 Å². The molecule has 0 saturated heterocycles. The van der Waals surface area contributed by atoms with Crippen molar-refractivity contribution in [2.24, 2.45) is 0 Å². The molecule has 0 spiro atoms.